The summed E-state index contributed by atoms with van der Waals surface area (Å²) in [7, 11) is 0. The number of hydrogen-bond donors (Lipinski definition) is 1. The van der Waals surface area contributed by atoms with Crippen LogP contribution in [0.5, 0.6) is 0 Å². The zero-order valence-corrected chi connectivity index (χ0v) is 15.4. The molecule has 2 heterocycles. The standard InChI is InChI=1S/C22H25N3O/c1-16-6-8-19(9-7-16)25(20-11-14-24(15-12-20)17(2)26)21-5-3-4-18-10-13-23-22(18)21/h3-10,13,20,23H,11-12,14-15H2,1-2H3. The number of hydrogen-bond acceptors (Lipinski definition) is 2. The van der Waals surface area contributed by atoms with Crippen LogP contribution in [0.1, 0.15) is 25.3 Å². The van der Waals surface area contributed by atoms with Crippen molar-refractivity contribution in [2.75, 3.05) is 18.0 Å². The number of nitrogens with zero attached hydrogens (tertiary/aromatic N) is 2. The van der Waals surface area contributed by atoms with Crippen molar-refractivity contribution < 1.29 is 4.79 Å². The summed E-state index contributed by atoms with van der Waals surface area (Å²) in [5.41, 5.74) is 4.84. The highest BCUT2D eigenvalue weighted by Gasteiger charge is 2.28. The summed E-state index contributed by atoms with van der Waals surface area (Å²) in [6.45, 7) is 5.43. The molecule has 4 rings (SSSR count). The Balaban J connectivity index is 1.74. The molecule has 4 heteroatoms. The van der Waals surface area contributed by atoms with E-state index in [1.807, 2.05) is 11.1 Å². The van der Waals surface area contributed by atoms with Crippen LogP contribution in [0.2, 0.25) is 0 Å². The summed E-state index contributed by atoms with van der Waals surface area (Å²) >= 11 is 0. The van der Waals surface area contributed by atoms with Gasteiger partial charge < -0.3 is 14.8 Å². The number of aryl methyl sites for hydroxylation is 1. The summed E-state index contributed by atoms with van der Waals surface area (Å²) in [5.74, 6) is 0.178. The van der Waals surface area contributed by atoms with E-state index in [0.717, 1.165) is 25.9 Å². The van der Waals surface area contributed by atoms with Crippen LogP contribution in [0.3, 0.4) is 0 Å². The van der Waals surface area contributed by atoms with Crippen molar-refractivity contribution in [2.45, 2.75) is 32.7 Å². The molecule has 1 aliphatic rings. The van der Waals surface area contributed by atoms with E-state index in [4.69, 9.17) is 0 Å². The first kappa shape index (κ1) is 16.7. The molecular weight excluding hydrogens is 322 g/mol. The number of piperidine rings is 1. The van der Waals surface area contributed by atoms with Gasteiger partial charge in [0.2, 0.25) is 5.91 Å². The van der Waals surface area contributed by atoms with Gasteiger partial charge in [0, 0.05) is 43.3 Å². The van der Waals surface area contributed by atoms with Gasteiger partial charge in [0.1, 0.15) is 0 Å². The SMILES string of the molecule is CC(=O)N1CCC(N(c2ccc(C)cc2)c2cccc3cc[nH]c23)CC1. The van der Waals surface area contributed by atoms with Gasteiger partial charge in [0.25, 0.3) is 0 Å². The summed E-state index contributed by atoms with van der Waals surface area (Å²) in [6, 6.07) is 17.7. The van der Waals surface area contributed by atoms with Crippen LogP contribution in [-0.4, -0.2) is 34.9 Å². The molecule has 0 saturated carbocycles. The molecule has 1 aliphatic heterocycles. The largest absolute Gasteiger partial charge is 0.359 e. The Labute approximate surface area is 154 Å². The first-order chi connectivity index (χ1) is 12.6. The molecule has 2 aromatic carbocycles. The normalized spacial score (nSPS) is 15.4. The fourth-order valence-electron chi connectivity index (χ4n) is 3.96. The molecule has 0 atom stereocenters. The maximum atomic E-state index is 11.7. The van der Waals surface area contributed by atoms with Gasteiger partial charge in [-0.15, -0.1) is 0 Å². The number of H-pyrrole nitrogens is 1. The van der Waals surface area contributed by atoms with E-state index in [9.17, 15) is 4.79 Å². The molecular formula is C22H25N3O. The quantitative estimate of drug-likeness (QED) is 0.750. The lowest BCUT2D eigenvalue weighted by atomic mass is 10.00. The second kappa shape index (κ2) is 6.87. The topological polar surface area (TPSA) is 39.3 Å². The minimum atomic E-state index is 0.178. The fourth-order valence-corrected chi connectivity index (χ4v) is 3.96. The molecule has 1 saturated heterocycles. The number of fused-ring (bicyclic) bond motifs is 1. The van der Waals surface area contributed by atoms with Gasteiger partial charge in [-0.3, -0.25) is 4.79 Å². The monoisotopic (exact) mass is 347 g/mol. The number of amides is 1. The van der Waals surface area contributed by atoms with E-state index in [0.29, 0.717) is 6.04 Å². The van der Waals surface area contributed by atoms with E-state index in [1.54, 1.807) is 6.92 Å². The first-order valence-electron chi connectivity index (χ1n) is 9.31. The Morgan fingerprint density at radius 1 is 1.08 bits per heavy atom. The lowest BCUT2D eigenvalue weighted by Crippen LogP contribution is -2.44. The number of rotatable bonds is 3. The van der Waals surface area contributed by atoms with Crippen molar-refractivity contribution in [2.24, 2.45) is 0 Å². The third-order valence-corrected chi connectivity index (χ3v) is 5.41. The minimum absolute atomic E-state index is 0.178. The number of aromatic nitrogens is 1. The Kier molecular flexibility index (Phi) is 4.41. The third-order valence-electron chi connectivity index (χ3n) is 5.41. The highest BCUT2D eigenvalue weighted by molar-refractivity contribution is 5.93. The van der Waals surface area contributed by atoms with Gasteiger partial charge >= 0.3 is 0 Å². The molecule has 134 valence electrons. The average Bonchev–Trinajstić information content (AvgIpc) is 3.13. The van der Waals surface area contributed by atoms with E-state index >= 15 is 0 Å². The van der Waals surface area contributed by atoms with Gasteiger partial charge in [-0.1, -0.05) is 29.8 Å². The summed E-state index contributed by atoms with van der Waals surface area (Å²) in [4.78, 5) is 19.5. The van der Waals surface area contributed by atoms with Crippen LogP contribution in [0.4, 0.5) is 11.4 Å². The molecule has 0 unspecified atom stereocenters. The smallest absolute Gasteiger partial charge is 0.219 e. The second-order valence-corrected chi connectivity index (χ2v) is 7.16. The predicted molar refractivity (Wildman–Crippen MR) is 107 cm³/mol. The van der Waals surface area contributed by atoms with E-state index < -0.39 is 0 Å². The van der Waals surface area contributed by atoms with Crippen molar-refractivity contribution in [3.63, 3.8) is 0 Å². The van der Waals surface area contributed by atoms with Crippen LogP contribution in [0.25, 0.3) is 10.9 Å². The Hall–Kier alpha value is -2.75. The molecule has 0 aliphatic carbocycles. The third kappa shape index (κ3) is 3.07. The van der Waals surface area contributed by atoms with Crippen molar-refractivity contribution >= 4 is 28.2 Å². The van der Waals surface area contributed by atoms with Crippen LogP contribution < -0.4 is 4.90 Å². The Morgan fingerprint density at radius 3 is 2.50 bits per heavy atom. The lowest BCUT2D eigenvalue weighted by Gasteiger charge is -2.40. The second-order valence-electron chi connectivity index (χ2n) is 7.16. The van der Waals surface area contributed by atoms with Crippen molar-refractivity contribution in [1.82, 2.24) is 9.88 Å². The summed E-state index contributed by atoms with van der Waals surface area (Å²) < 4.78 is 0. The number of carbonyl (C=O) groups excluding carboxylic acids is 1. The van der Waals surface area contributed by atoms with Gasteiger partial charge in [0.15, 0.2) is 0 Å². The van der Waals surface area contributed by atoms with E-state index in [-0.39, 0.29) is 5.91 Å². The zero-order valence-electron chi connectivity index (χ0n) is 15.4. The number of benzene rings is 2. The van der Waals surface area contributed by atoms with Gasteiger partial charge in [-0.05, 0) is 44.0 Å². The van der Waals surface area contributed by atoms with Gasteiger partial charge in [-0.2, -0.15) is 0 Å². The first-order valence-corrected chi connectivity index (χ1v) is 9.31. The number of anilines is 2. The number of likely N-dealkylation sites (tertiary alicyclic amines) is 1. The maximum absolute atomic E-state index is 11.7. The zero-order chi connectivity index (χ0) is 18.1. The number of para-hydroxylation sites is 1. The number of nitrogens with one attached hydrogen (secondary N) is 1. The van der Waals surface area contributed by atoms with Crippen LogP contribution in [0, 0.1) is 6.92 Å². The van der Waals surface area contributed by atoms with Crippen molar-refractivity contribution in [3.05, 3.63) is 60.3 Å². The summed E-state index contributed by atoms with van der Waals surface area (Å²) in [6.07, 6.45) is 3.95. The number of aromatic amines is 1. The molecule has 0 bridgehead atoms. The number of carbonyl (C=O) groups is 1. The Bertz CT molecular complexity index is 905. The molecule has 1 amide bonds. The van der Waals surface area contributed by atoms with Crippen molar-refractivity contribution in [1.29, 1.82) is 0 Å². The van der Waals surface area contributed by atoms with Crippen LogP contribution >= 0.6 is 0 Å². The molecule has 0 spiro atoms. The molecule has 0 radical (unpaired) electrons. The summed E-state index contributed by atoms with van der Waals surface area (Å²) in [5, 5.41) is 1.22. The van der Waals surface area contributed by atoms with E-state index in [2.05, 4.69) is 65.3 Å². The Morgan fingerprint density at radius 2 is 1.81 bits per heavy atom. The van der Waals surface area contributed by atoms with Gasteiger partial charge in [-0.25, -0.2) is 0 Å². The van der Waals surface area contributed by atoms with Crippen molar-refractivity contribution in [3.8, 4) is 0 Å². The average molecular weight is 347 g/mol. The molecule has 3 aromatic rings. The van der Waals surface area contributed by atoms with Crippen LogP contribution in [0.15, 0.2) is 54.7 Å². The fraction of sp³-hybridized carbons (Fsp3) is 0.318. The lowest BCUT2D eigenvalue weighted by molar-refractivity contribution is -0.129. The van der Waals surface area contributed by atoms with Gasteiger partial charge in [0.05, 0.1) is 11.2 Å². The molecule has 1 aromatic heterocycles. The molecule has 1 fully saturated rings. The molecule has 26 heavy (non-hydrogen) atoms. The minimum Gasteiger partial charge on any atom is -0.359 e. The maximum Gasteiger partial charge on any atom is 0.219 e. The highest BCUT2D eigenvalue weighted by atomic mass is 16.2. The molecule has 1 N–H and O–H groups in total. The van der Waals surface area contributed by atoms with E-state index in [1.165, 1.54) is 27.8 Å². The highest BCUT2D eigenvalue weighted by Crippen LogP contribution is 2.36. The predicted octanol–water partition coefficient (Wildman–Crippen LogP) is 4.63. The van der Waals surface area contributed by atoms with Crippen LogP contribution in [-0.2, 0) is 4.79 Å². The molecule has 4 nitrogen and oxygen atoms in total.